The van der Waals surface area contributed by atoms with E-state index in [4.69, 9.17) is 28.9 Å². The van der Waals surface area contributed by atoms with Crippen molar-refractivity contribution >= 4 is 38.9 Å². The maximum Gasteiger partial charge on any atom is 0.244 e. The van der Waals surface area contributed by atoms with Crippen LogP contribution >= 0.6 is 23.2 Å². The largest absolute Gasteiger partial charge is 0.398 e. The molecule has 0 amide bonds. The fourth-order valence-corrected chi connectivity index (χ4v) is 4.30. The van der Waals surface area contributed by atoms with Gasteiger partial charge >= 0.3 is 0 Å². The summed E-state index contributed by atoms with van der Waals surface area (Å²) in [5.41, 5.74) is 5.77. The number of rotatable bonds is 4. The van der Waals surface area contributed by atoms with E-state index in [2.05, 4.69) is 16.9 Å². The first-order valence-corrected chi connectivity index (χ1v) is 8.53. The summed E-state index contributed by atoms with van der Waals surface area (Å²) in [5.74, 6) is 0.307. The molecule has 110 valence electrons. The Kier molecular flexibility index (Phi) is 4.96. The van der Waals surface area contributed by atoms with Gasteiger partial charge in [0.2, 0.25) is 10.0 Å². The molecule has 0 heterocycles. The van der Waals surface area contributed by atoms with E-state index >= 15 is 0 Å². The molecule has 1 unspecified atom stereocenters. The van der Waals surface area contributed by atoms with Crippen molar-refractivity contribution in [2.45, 2.75) is 24.2 Å². The van der Waals surface area contributed by atoms with Gasteiger partial charge in [0, 0.05) is 11.6 Å². The summed E-state index contributed by atoms with van der Waals surface area (Å²) in [4.78, 5) is -0.102. The summed E-state index contributed by atoms with van der Waals surface area (Å²) in [5, 5.41) is 0.343. The minimum Gasteiger partial charge on any atom is -0.398 e. The van der Waals surface area contributed by atoms with E-state index < -0.39 is 10.0 Å². The number of nitrogen functional groups attached to an aromatic ring is 1. The fourth-order valence-electron chi connectivity index (χ4n) is 2.21. The Morgan fingerprint density at radius 1 is 1.30 bits per heavy atom. The number of allylic oxidation sites excluding steroid dienone is 2. The van der Waals surface area contributed by atoms with Crippen LogP contribution in [0.4, 0.5) is 5.69 Å². The van der Waals surface area contributed by atoms with Gasteiger partial charge in [0.15, 0.2) is 0 Å². The second kappa shape index (κ2) is 6.35. The molecule has 0 saturated carbocycles. The summed E-state index contributed by atoms with van der Waals surface area (Å²) in [7, 11) is -3.73. The van der Waals surface area contributed by atoms with E-state index in [0.29, 0.717) is 17.5 Å². The van der Waals surface area contributed by atoms with E-state index in [1.54, 1.807) is 0 Å². The minimum atomic E-state index is -3.73. The molecule has 20 heavy (non-hydrogen) atoms. The third-order valence-electron chi connectivity index (χ3n) is 3.25. The lowest BCUT2D eigenvalue weighted by molar-refractivity contribution is 0.468. The molecule has 1 aliphatic rings. The quantitative estimate of drug-likeness (QED) is 0.655. The van der Waals surface area contributed by atoms with Gasteiger partial charge in [-0.3, -0.25) is 0 Å². The number of anilines is 1. The predicted octanol–water partition coefficient (Wildman–Crippen LogP) is 3.21. The van der Waals surface area contributed by atoms with Gasteiger partial charge in [-0.15, -0.1) is 0 Å². The Hall–Kier alpha value is -0.750. The van der Waals surface area contributed by atoms with E-state index in [-0.39, 0.29) is 15.6 Å². The zero-order valence-corrected chi connectivity index (χ0v) is 13.1. The molecule has 1 atom stereocenters. The van der Waals surface area contributed by atoms with Crippen LogP contribution in [0, 0.1) is 5.92 Å². The second-order valence-electron chi connectivity index (χ2n) is 4.81. The van der Waals surface area contributed by atoms with Gasteiger partial charge < -0.3 is 5.73 Å². The van der Waals surface area contributed by atoms with Crippen molar-refractivity contribution < 1.29 is 8.42 Å². The first-order chi connectivity index (χ1) is 9.40. The summed E-state index contributed by atoms with van der Waals surface area (Å²) in [6, 6.07) is 2.75. The lowest BCUT2D eigenvalue weighted by atomic mass is 9.95. The van der Waals surface area contributed by atoms with Crippen LogP contribution < -0.4 is 10.5 Å². The molecule has 2 rings (SSSR count). The molecule has 0 radical (unpaired) electrons. The molecule has 3 N–H and O–H groups in total. The van der Waals surface area contributed by atoms with Crippen molar-refractivity contribution in [1.82, 2.24) is 4.72 Å². The number of nitrogens with one attached hydrogen (secondary N) is 1. The third kappa shape index (κ3) is 3.67. The Bertz CT molecular complexity index is 606. The monoisotopic (exact) mass is 334 g/mol. The molecule has 0 bridgehead atoms. The highest BCUT2D eigenvalue weighted by molar-refractivity contribution is 7.89. The van der Waals surface area contributed by atoms with E-state index in [9.17, 15) is 8.42 Å². The number of nitrogens with two attached hydrogens (primary N) is 1. The van der Waals surface area contributed by atoms with Crippen LogP contribution in [0.2, 0.25) is 10.0 Å². The number of hydrogen-bond donors (Lipinski definition) is 2. The van der Waals surface area contributed by atoms with E-state index in [1.165, 1.54) is 12.1 Å². The van der Waals surface area contributed by atoms with E-state index in [0.717, 1.165) is 19.3 Å². The Morgan fingerprint density at radius 3 is 2.65 bits per heavy atom. The molecular weight excluding hydrogens is 319 g/mol. The molecule has 0 spiro atoms. The lowest BCUT2D eigenvalue weighted by Gasteiger charge is -2.19. The van der Waals surface area contributed by atoms with Gasteiger partial charge in [-0.05, 0) is 37.3 Å². The summed E-state index contributed by atoms with van der Waals surface area (Å²) in [6.07, 6.45) is 7.02. The minimum absolute atomic E-state index is 0.0334. The normalized spacial score (nSPS) is 19.2. The fraction of sp³-hybridized carbons (Fsp3) is 0.385. The maximum atomic E-state index is 12.3. The lowest BCUT2D eigenvalue weighted by Crippen LogP contribution is -2.30. The highest BCUT2D eigenvalue weighted by Crippen LogP contribution is 2.31. The zero-order chi connectivity index (χ0) is 14.8. The molecule has 1 aromatic carbocycles. The first kappa shape index (κ1) is 15.6. The van der Waals surface area contributed by atoms with Crippen molar-refractivity contribution in [3.05, 3.63) is 34.3 Å². The standard InChI is InChI=1S/C13H16Cl2N2O2S/c14-10-6-11(15)13(12(16)7-10)20(18,19)17-8-9-4-2-1-3-5-9/h1-2,6-7,9,17H,3-5,8,16H2. The third-order valence-corrected chi connectivity index (χ3v) is 5.41. The van der Waals surface area contributed by atoms with Gasteiger partial charge in [-0.1, -0.05) is 35.4 Å². The van der Waals surface area contributed by atoms with Crippen molar-refractivity contribution in [2.75, 3.05) is 12.3 Å². The Labute approximate surface area is 129 Å². The first-order valence-electron chi connectivity index (χ1n) is 6.29. The molecular formula is C13H16Cl2N2O2S. The Balaban J connectivity index is 2.16. The van der Waals surface area contributed by atoms with Crippen molar-refractivity contribution in [2.24, 2.45) is 5.92 Å². The highest BCUT2D eigenvalue weighted by atomic mass is 35.5. The number of benzene rings is 1. The number of halogens is 2. The second-order valence-corrected chi connectivity index (χ2v) is 7.36. The molecule has 1 aliphatic carbocycles. The molecule has 0 aromatic heterocycles. The van der Waals surface area contributed by atoms with Crippen LogP contribution in [-0.2, 0) is 10.0 Å². The van der Waals surface area contributed by atoms with Gasteiger partial charge in [0.05, 0.1) is 10.7 Å². The van der Waals surface area contributed by atoms with Crippen molar-refractivity contribution in [1.29, 1.82) is 0 Å². The van der Waals surface area contributed by atoms with Crippen LogP contribution in [0.1, 0.15) is 19.3 Å². The van der Waals surface area contributed by atoms with Gasteiger partial charge in [-0.25, -0.2) is 13.1 Å². The van der Waals surface area contributed by atoms with Gasteiger partial charge in [0.1, 0.15) is 4.90 Å². The molecule has 0 saturated heterocycles. The average Bonchev–Trinajstić information content (AvgIpc) is 2.36. The SMILES string of the molecule is Nc1cc(Cl)cc(Cl)c1S(=O)(=O)NCC1CC=CCC1. The molecule has 7 heteroatoms. The van der Waals surface area contributed by atoms with Crippen LogP contribution in [-0.4, -0.2) is 15.0 Å². The summed E-state index contributed by atoms with van der Waals surface area (Å²) >= 11 is 11.7. The van der Waals surface area contributed by atoms with Crippen molar-refractivity contribution in [3.63, 3.8) is 0 Å². The number of sulfonamides is 1. The van der Waals surface area contributed by atoms with E-state index in [1.807, 2.05) is 0 Å². The average molecular weight is 335 g/mol. The maximum absolute atomic E-state index is 12.3. The molecule has 0 aliphatic heterocycles. The van der Waals surface area contributed by atoms with Gasteiger partial charge in [0.25, 0.3) is 0 Å². The number of hydrogen-bond acceptors (Lipinski definition) is 3. The smallest absolute Gasteiger partial charge is 0.244 e. The predicted molar refractivity (Wildman–Crippen MR) is 82.5 cm³/mol. The summed E-state index contributed by atoms with van der Waals surface area (Å²) in [6.45, 7) is 0.380. The van der Waals surface area contributed by atoms with Crippen LogP contribution in [0.3, 0.4) is 0 Å². The topological polar surface area (TPSA) is 72.2 Å². The Morgan fingerprint density at radius 2 is 2.05 bits per heavy atom. The highest BCUT2D eigenvalue weighted by Gasteiger charge is 2.23. The summed E-state index contributed by atoms with van der Waals surface area (Å²) < 4.78 is 27.2. The van der Waals surface area contributed by atoms with Gasteiger partial charge in [-0.2, -0.15) is 0 Å². The molecule has 0 fully saturated rings. The molecule has 1 aromatic rings. The van der Waals surface area contributed by atoms with Crippen LogP contribution in [0.25, 0.3) is 0 Å². The van der Waals surface area contributed by atoms with Crippen molar-refractivity contribution in [3.8, 4) is 0 Å². The van der Waals surface area contributed by atoms with Crippen LogP contribution in [0.15, 0.2) is 29.2 Å². The van der Waals surface area contributed by atoms with Crippen LogP contribution in [0.5, 0.6) is 0 Å². The molecule has 4 nitrogen and oxygen atoms in total. The zero-order valence-electron chi connectivity index (χ0n) is 10.8.